The van der Waals surface area contributed by atoms with Crippen LogP contribution >= 0.6 is 11.3 Å². The lowest BCUT2D eigenvalue weighted by molar-refractivity contribution is 0.573. The van der Waals surface area contributed by atoms with E-state index in [1.54, 1.807) is 0 Å². The maximum Gasteiger partial charge on any atom is 0.0714 e. The largest absolute Gasteiger partial charge is 0.310 e. The number of benzene rings is 9. The zero-order chi connectivity index (χ0) is 46.7. The first-order valence-corrected chi connectivity index (χ1v) is 25.1. The van der Waals surface area contributed by atoms with Crippen molar-refractivity contribution in [3.05, 3.63) is 245 Å². The molecule has 2 aliphatic carbocycles. The van der Waals surface area contributed by atoms with Gasteiger partial charge in [-0.15, -0.1) is 11.3 Å². The molecule has 2 aliphatic rings. The fraction of sp³-hybridized carbons (Fsp3) is 0.182. The van der Waals surface area contributed by atoms with Crippen molar-refractivity contribution in [2.24, 2.45) is 0 Å². The van der Waals surface area contributed by atoms with Crippen molar-refractivity contribution >= 4 is 48.6 Å². The lowest BCUT2D eigenvalue weighted by Crippen LogP contribution is -2.28. The van der Waals surface area contributed by atoms with Gasteiger partial charge in [-0.25, -0.2) is 0 Å². The Hall–Kier alpha value is -7.00. The van der Waals surface area contributed by atoms with E-state index in [4.69, 9.17) is 0 Å². The average molecular weight is 896 g/mol. The second-order valence-electron chi connectivity index (χ2n) is 21.7. The van der Waals surface area contributed by atoms with Crippen molar-refractivity contribution in [1.82, 2.24) is 0 Å². The number of fused-ring (bicyclic) bond motifs is 10. The first-order valence-electron chi connectivity index (χ1n) is 24.3. The lowest BCUT2D eigenvalue weighted by atomic mass is 9.67. The van der Waals surface area contributed by atoms with Gasteiger partial charge < -0.3 is 4.90 Å². The van der Waals surface area contributed by atoms with E-state index in [9.17, 15) is 0 Å². The molecule has 1 nitrogen and oxygen atoms in total. The van der Waals surface area contributed by atoms with Crippen LogP contribution in [0.2, 0.25) is 0 Å². The fourth-order valence-corrected chi connectivity index (χ4v) is 13.4. The fourth-order valence-electron chi connectivity index (χ4n) is 11.9. The molecule has 9 aromatic carbocycles. The van der Waals surface area contributed by atoms with Crippen molar-refractivity contribution in [2.75, 3.05) is 4.90 Å². The minimum Gasteiger partial charge on any atom is -0.310 e. The zero-order valence-electron chi connectivity index (χ0n) is 40.4. The average Bonchev–Trinajstić information content (AvgIpc) is 3.95. The summed E-state index contributed by atoms with van der Waals surface area (Å²) in [6, 6.07) is 75.6. The number of nitrogens with zero attached hydrogens (tertiary/aromatic N) is 1. The predicted molar refractivity (Wildman–Crippen MR) is 292 cm³/mol. The Labute approximate surface area is 406 Å². The molecule has 0 fully saturated rings. The monoisotopic (exact) mass is 895 g/mol. The summed E-state index contributed by atoms with van der Waals surface area (Å²) >= 11 is 1.97. The van der Waals surface area contributed by atoms with Crippen LogP contribution in [0.1, 0.15) is 99.9 Å². The highest BCUT2D eigenvalue weighted by Crippen LogP contribution is 2.60. The highest BCUT2D eigenvalue weighted by molar-refractivity contribution is 7.26. The van der Waals surface area contributed by atoms with E-state index in [1.165, 1.54) is 104 Å². The molecule has 0 aliphatic heterocycles. The van der Waals surface area contributed by atoms with Gasteiger partial charge in [0.1, 0.15) is 0 Å². The van der Waals surface area contributed by atoms with Gasteiger partial charge in [0.25, 0.3) is 0 Å². The second-order valence-corrected chi connectivity index (χ2v) is 22.7. The van der Waals surface area contributed by atoms with Crippen LogP contribution < -0.4 is 4.90 Å². The summed E-state index contributed by atoms with van der Waals surface area (Å²) in [6.45, 7) is 19.1. The third-order valence-electron chi connectivity index (χ3n) is 15.2. The Balaban J connectivity index is 1.13. The summed E-state index contributed by atoms with van der Waals surface area (Å²) in [5.41, 5.74) is 21.1. The third kappa shape index (κ3) is 6.26. The molecule has 1 aromatic heterocycles. The van der Waals surface area contributed by atoms with Crippen LogP contribution in [0.3, 0.4) is 0 Å². The normalized spacial score (nSPS) is 14.4. The van der Waals surface area contributed by atoms with Gasteiger partial charge in [-0.2, -0.15) is 0 Å². The molecule has 0 radical (unpaired) electrons. The Morgan fingerprint density at radius 3 is 1.71 bits per heavy atom. The van der Waals surface area contributed by atoms with E-state index in [0.29, 0.717) is 0 Å². The molecule has 0 saturated heterocycles. The molecular weight excluding hydrogens is 839 g/mol. The number of anilines is 3. The van der Waals surface area contributed by atoms with Gasteiger partial charge in [-0.1, -0.05) is 213 Å². The third-order valence-corrected chi connectivity index (χ3v) is 16.4. The van der Waals surface area contributed by atoms with E-state index in [-0.39, 0.29) is 16.2 Å². The van der Waals surface area contributed by atoms with E-state index in [1.807, 2.05) is 11.3 Å². The smallest absolute Gasteiger partial charge is 0.0714 e. The maximum atomic E-state index is 2.54. The molecule has 0 bridgehead atoms. The minimum absolute atomic E-state index is 0.00204. The molecule has 12 rings (SSSR count). The van der Waals surface area contributed by atoms with Crippen LogP contribution in [0.5, 0.6) is 0 Å². The second kappa shape index (κ2) is 15.3. The maximum absolute atomic E-state index is 2.54. The summed E-state index contributed by atoms with van der Waals surface area (Å²) < 4.78 is 2.78. The van der Waals surface area contributed by atoms with Gasteiger partial charge in [0.05, 0.1) is 11.1 Å². The lowest BCUT2D eigenvalue weighted by Gasteiger charge is -2.35. The standard InChI is InChI=1S/C66H57NS/c1-63(2,3)46-40-52-60-58(68-62(52)56(41-46)64(4,5)6)38-37-51-59-55(65(7,8)61(51)60)31-20-32-57(59)67(47-35-33-43(34-36-47)42-21-11-9-12-22-42)48-26-19-25-45(39-48)66(44-23-13-10-14-24-44)53-29-17-15-27-49(53)50-28-16-18-30-54(50)66/h9-41H,1-8H3. The zero-order valence-corrected chi connectivity index (χ0v) is 41.2. The van der Waals surface area contributed by atoms with Crippen molar-refractivity contribution in [2.45, 2.75) is 77.0 Å². The number of hydrogen-bond acceptors (Lipinski definition) is 2. The van der Waals surface area contributed by atoms with Crippen LogP contribution in [0.25, 0.3) is 53.6 Å². The van der Waals surface area contributed by atoms with Crippen molar-refractivity contribution in [3.8, 4) is 33.4 Å². The van der Waals surface area contributed by atoms with Crippen LogP contribution in [0.15, 0.2) is 200 Å². The van der Waals surface area contributed by atoms with Gasteiger partial charge in [-0.3, -0.25) is 0 Å². The van der Waals surface area contributed by atoms with E-state index in [0.717, 1.165) is 11.4 Å². The summed E-state index contributed by atoms with van der Waals surface area (Å²) in [4.78, 5) is 2.54. The summed E-state index contributed by atoms with van der Waals surface area (Å²) in [5, 5.41) is 2.81. The first-order chi connectivity index (χ1) is 32.8. The number of hydrogen-bond donors (Lipinski definition) is 0. The topological polar surface area (TPSA) is 3.24 Å². The van der Waals surface area contributed by atoms with Crippen molar-refractivity contribution in [3.63, 3.8) is 0 Å². The quantitative estimate of drug-likeness (QED) is 0.161. The molecular formula is C66H57NS. The minimum atomic E-state index is -0.524. The van der Waals surface area contributed by atoms with Crippen molar-refractivity contribution in [1.29, 1.82) is 0 Å². The van der Waals surface area contributed by atoms with Gasteiger partial charge in [0.15, 0.2) is 0 Å². The Morgan fingerprint density at radius 2 is 1.04 bits per heavy atom. The summed E-state index contributed by atoms with van der Waals surface area (Å²) in [7, 11) is 0. The Kier molecular flexibility index (Phi) is 9.50. The highest BCUT2D eigenvalue weighted by Gasteiger charge is 2.46. The van der Waals surface area contributed by atoms with Gasteiger partial charge in [0.2, 0.25) is 0 Å². The van der Waals surface area contributed by atoms with E-state index in [2.05, 4.69) is 260 Å². The van der Waals surface area contributed by atoms with Crippen LogP contribution in [-0.2, 0) is 21.7 Å². The molecule has 1 heterocycles. The van der Waals surface area contributed by atoms with Crippen LogP contribution in [0.4, 0.5) is 17.1 Å². The predicted octanol–water partition coefficient (Wildman–Crippen LogP) is 18.5. The van der Waals surface area contributed by atoms with Crippen molar-refractivity contribution < 1.29 is 0 Å². The number of rotatable bonds is 6. The Morgan fingerprint density at radius 1 is 0.456 bits per heavy atom. The molecule has 0 saturated carbocycles. The molecule has 332 valence electrons. The molecule has 0 N–H and O–H groups in total. The van der Waals surface area contributed by atoms with Crippen LogP contribution in [0, 0.1) is 0 Å². The highest BCUT2D eigenvalue weighted by atomic mass is 32.1. The van der Waals surface area contributed by atoms with E-state index >= 15 is 0 Å². The molecule has 0 spiro atoms. The molecule has 0 atom stereocenters. The van der Waals surface area contributed by atoms with Gasteiger partial charge in [0, 0.05) is 42.5 Å². The van der Waals surface area contributed by atoms with Crippen LogP contribution in [-0.4, -0.2) is 0 Å². The molecule has 2 heteroatoms. The number of thiophene rings is 1. The van der Waals surface area contributed by atoms with E-state index < -0.39 is 5.41 Å². The molecule has 10 aromatic rings. The summed E-state index contributed by atoms with van der Waals surface area (Å²) in [5.74, 6) is 0. The molecule has 68 heavy (non-hydrogen) atoms. The van der Waals surface area contributed by atoms with Gasteiger partial charge in [-0.05, 0) is 126 Å². The first kappa shape index (κ1) is 42.4. The Bertz CT molecular complexity index is 3550. The van der Waals surface area contributed by atoms with Gasteiger partial charge >= 0.3 is 0 Å². The SMILES string of the molecule is CC(C)(C)c1cc(C(C)(C)C)c2sc3ccc4c(c3c2c1)C(C)(C)c1cccc(N(c2ccc(-c3ccccc3)cc2)c2cccc(C3(c5ccccc5)c5ccccc5-c5ccccc53)c2)c1-4. The summed E-state index contributed by atoms with van der Waals surface area (Å²) in [6.07, 6.45) is 0. The molecule has 0 amide bonds. The molecule has 0 unspecified atom stereocenters.